The van der Waals surface area contributed by atoms with Crippen LogP contribution in [-0.4, -0.2) is 20.6 Å². The first-order valence-electron chi connectivity index (χ1n) is 8.40. The number of aromatic nitrogens is 4. The van der Waals surface area contributed by atoms with Crippen molar-refractivity contribution in [2.75, 3.05) is 0 Å². The Labute approximate surface area is 151 Å². The van der Waals surface area contributed by atoms with Crippen molar-refractivity contribution in [3.63, 3.8) is 0 Å². The maximum Gasteiger partial charge on any atom is 0.204 e. The minimum absolute atomic E-state index is 0.510. The van der Waals surface area contributed by atoms with Gasteiger partial charge in [0.2, 0.25) is 5.82 Å². The van der Waals surface area contributed by atoms with Gasteiger partial charge < -0.3 is 4.74 Å². The Morgan fingerprint density at radius 2 is 1.38 bits per heavy atom. The van der Waals surface area contributed by atoms with E-state index in [1.54, 1.807) is 0 Å². The molecule has 5 heteroatoms. The molecule has 0 spiro atoms. The highest BCUT2D eigenvalue weighted by Crippen LogP contribution is 2.23. The Morgan fingerprint density at radius 3 is 2.00 bits per heavy atom. The number of nitrogens with zero attached hydrogens (tertiary/aromatic N) is 3. The quantitative estimate of drug-likeness (QED) is 0.583. The zero-order chi connectivity index (χ0) is 17.8. The SMILES string of the molecule is Cc1ccc(-c2ccc(OCc3ccc(-c4nn[nH]n4)cc3)cc2)cc1. The van der Waals surface area contributed by atoms with Crippen molar-refractivity contribution in [3.05, 3.63) is 83.9 Å². The highest BCUT2D eigenvalue weighted by molar-refractivity contribution is 5.64. The molecule has 0 fully saturated rings. The van der Waals surface area contributed by atoms with Crippen LogP contribution in [0, 0.1) is 6.92 Å². The predicted octanol–water partition coefficient (Wildman–Crippen LogP) is 4.42. The Hall–Kier alpha value is -3.47. The molecule has 0 aliphatic rings. The fourth-order valence-corrected chi connectivity index (χ4v) is 2.69. The van der Waals surface area contributed by atoms with E-state index in [0.717, 1.165) is 16.9 Å². The predicted molar refractivity (Wildman–Crippen MR) is 101 cm³/mol. The van der Waals surface area contributed by atoms with E-state index < -0.39 is 0 Å². The number of H-pyrrole nitrogens is 1. The smallest absolute Gasteiger partial charge is 0.204 e. The number of hydrogen-bond acceptors (Lipinski definition) is 4. The standard InChI is InChI=1S/C21H18N4O/c1-15-2-6-17(7-3-15)18-10-12-20(13-11-18)26-14-16-4-8-19(9-5-16)21-22-24-25-23-21/h2-13H,14H2,1H3,(H,22,23,24,25). The van der Waals surface area contributed by atoms with Crippen molar-refractivity contribution >= 4 is 0 Å². The van der Waals surface area contributed by atoms with Crippen LogP contribution in [0.5, 0.6) is 5.75 Å². The summed E-state index contributed by atoms with van der Waals surface area (Å²) in [6.45, 7) is 2.60. The van der Waals surface area contributed by atoms with Crippen molar-refractivity contribution in [2.24, 2.45) is 0 Å². The molecule has 1 N–H and O–H groups in total. The molecule has 4 aromatic rings. The lowest BCUT2D eigenvalue weighted by atomic mass is 10.0. The van der Waals surface area contributed by atoms with Gasteiger partial charge in [-0.25, -0.2) is 0 Å². The molecule has 4 rings (SSSR count). The molecule has 0 saturated carbocycles. The van der Waals surface area contributed by atoms with E-state index in [1.807, 2.05) is 36.4 Å². The second-order valence-corrected chi connectivity index (χ2v) is 6.11. The Kier molecular flexibility index (Phi) is 4.43. The number of ether oxygens (including phenoxy) is 1. The first kappa shape index (κ1) is 16.0. The van der Waals surface area contributed by atoms with E-state index in [0.29, 0.717) is 12.4 Å². The van der Waals surface area contributed by atoms with Gasteiger partial charge in [-0.3, -0.25) is 0 Å². The van der Waals surface area contributed by atoms with Crippen molar-refractivity contribution < 1.29 is 4.74 Å². The van der Waals surface area contributed by atoms with Gasteiger partial charge >= 0.3 is 0 Å². The van der Waals surface area contributed by atoms with E-state index in [9.17, 15) is 0 Å². The molecule has 128 valence electrons. The molecule has 0 aliphatic carbocycles. The largest absolute Gasteiger partial charge is 0.489 e. The van der Waals surface area contributed by atoms with E-state index in [4.69, 9.17) is 4.74 Å². The van der Waals surface area contributed by atoms with Crippen molar-refractivity contribution in [3.8, 4) is 28.3 Å². The lowest BCUT2D eigenvalue weighted by Crippen LogP contribution is -1.95. The number of aromatic amines is 1. The minimum atomic E-state index is 0.510. The Morgan fingerprint density at radius 1 is 0.769 bits per heavy atom. The molecule has 0 unspecified atom stereocenters. The normalized spacial score (nSPS) is 10.7. The summed E-state index contributed by atoms with van der Waals surface area (Å²) in [5, 5.41) is 14.0. The van der Waals surface area contributed by atoms with Crippen molar-refractivity contribution in [1.82, 2.24) is 20.6 Å². The number of hydrogen-bond donors (Lipinski definition) is 1. The lowest BCUT2D eigenvalue weighted by Gasteiger charge is -2.08. The van der Waals surface area contributed by atoms with Gasteiger partial charge in [0, 0.05) is 5.56 Å². The topological polar surface area (TPSA) is 63.7 Å². The summed E-state index contributed by atoms with van der Waals surface area (Å²) >= 11 is 0. The van der Waals surface area contributed by atoms with Gasteiger partial charge in [0.15, 0.2) is 0 Å². The number of rotatable bonds is 5. The van der Waals surface area contributed by atoms with Crippen LogP contribution in [0.2, 0.25) is 0 Å². The highest BCUT2D eigenvalue weighted by atomic mass is 16.5. The van der Waals surface area contributed by atoms with Gasteiger partial charge in [0.25, 0.3) is 0 Å². The van der Waals surface area contributed by atoms with Crippen LogP contribution >= 0.6 is 0 Å². The molecule has 0 aliphatic heterocycles. The summed E-state index contributed by atoms with van der Waals surface area (Å²) in [5.41, 5.74) is 5.66. The third kappa shape index (κ3) is 3.62. The van der Waals surface area contributed by atoms with Crippen LogP contribution in [0.1, 0.15) is 11.1 Å². The zero-order valence-corrected chi connectivity index (χ0v) is 14.4. The second-order valence-electron chi connectivity index (χ2n) is 6.11. The Balaban J connectivity index is 1.39. The second kappa shape index (κ2) is 7.19. The van der Waals surface area contributed by atoms with Gasteiger partial charge in [-0.05, 0) is 41.0 Å². The van der Waals surface area contributed by atoms with Crippen LogP contribution in [0.15, 0.2) is 72.8 Å². The van der Waals surface area contributed by atoms with Gasteiger partial charge in [0.1, 0.15) is 12.4 Å². The summed E-state index contributed by atoms with van der Waals surface area (Å²) in [5.74, 6) is 1.44. The molecule has 1 aromatic heterocycles. The molecule has 26 heavy (non-hydrogen) atoms. The molecule has 3 aromatic carbocycles. The summed E-state index contributed by atoms with van der Waals surface area (Å²) in [6, 6.07) is 24.6. The molecular formula is C21H18N4O. The molecule has 5 nitrogen and oxygen atoms in total. The third-order valence-electron chi connectivity index (χ3n) is 4.20. The van der Waals surface area contributed by atoms with Gasteiger partial charge in [-0.15, -0.1) is 10.2 Å². The summed E-state index contributed by atoms with van der Waals surface area (Å²) in [4.78, 5) is 0. The molecule has 0 atom stereocenters. The van der Waals surface area contributed by atoms with Gasteiger partial charge in [0.05, 0.1) is 0 Å². The monoisotopic (exact) mass is 342 g/mol. The molecule has 1 heterocycles. The van der Waals surface area contributed by atoms with Crippen LogP contribution < -0.4 is 4.74 Å². The fraction of sp³-hybridized carbons (Fsp3) is 0.0952. The molecule has 0 radical (unpaired) electrons. The van der Waals surface area contributed by atoms with E-state index in [1.165, 1.54) is 16.7 Å². The number of tetrazole rings is 1. The fourth-order valence-electron chi connectivity index (χ4n) is 2.69. The summed E-state index contributed by atoms with van der Waals surface area (Å²) < 4.78 is 5.88. The maximum atomic E-state index is 5.88. The first-order valence-corrected chi connectivity index (χ1v) is 8.40. The van der Waals surface area contributed by atoms with E-state index in [-0.39, 0.29) is 0 Å². The molecule has 0 bridgehead atoms. The first-order chi connectivity index (χ1) is 12.8. The number of benzene rings is 3. The van der Waals surface area contributed by atoms with Gasteiger partial charge in [-0.2, -0.15) is 5.21 Å². The lowest BCUT2D eigenvalue weighted by molar-refractivity contribution is 0.306. The molecule has 0 saturated heterocycles. The van der Waals surface area contributed by atoms with Crippen LogP contribution in [0.25, 0.3) is 22.5 Å². The van der Waals surface area contributed by atoms with Gasteiger partial charge in [-0.1, -0.05) is 66.2 Å². The average molecular weight is 342 g/mol. The number of aryl methyl sites for hydroxylation is 1. The van der Waals surface area contributed by atoms with E-state index in [2.05, 4.69) is 63.9 Å². The van der Waals surface area contributed by atoms with Crippen LogP contribution in [-0.2, 0) is 6.61 Å². The van der Waals surface area contributed by atoms with Crippen LogP contribution in [0.4, 0.5) is 0 Å². The minimum Gasteiger partial charge on any atom is -0.489 e. The highest BCUT2D eigenvalue weighted by Gasteiger charge is 2.03. The maximum absolute atomic E-state index is 5.88. The zero-order valence-electron chi connectivity index (χ0n) is 14.4. The van der Waals surface area contributed by atoms with Crippen molar-refractivity contribution in [1.29, 1.82) is 0 Å². The summed E-state index contributed by atoms with van der Waals surface area (Å²) in [6.07, 6.45) is 0. The Bertz CT molecular complexity index is 960. The van der Waals surface area contributed by atoms with Crippen molar-refractivity contribution in [2.45, 2.75) is 13.5 Å². The number of nitrogens with one attached hydrogen (secondary N) is 1. The average Bonchev–Trinajstić information content (AvgIpc) is 3.23. The van der Waals surface area contributed by atoms with Crippen LogP contribution in [0.3, 0.4) is 0 Å². The van der Waals surface area contributed by atoms with E-state index >= 15 is 0 Å². The molecule has 0 amide bonds. The molecular weight excluding hydrogens is 324 g/mol. The summed E-state index contributed by atoms with van der Waals surface area (Å²) in [7, 11) is 0. The third-order valence-corrected chi connectivity index (χ3v) is 4.20.